The van der Waals surface area contributed by atoms with E-state index < -0.39 is 11.9 Å². The number of ether oxygens (including phenoxy) is 1. The minimum absolute atomic E-state index is 0.0471. The molecule has 3 nitrogen and oxygen atoms in total. The highest BCUT2D eigenvalue weighted by Gasteiger charge is 2.33. The van der Waals surface area contributed by atoms with Crippen molar-refractivity contribution in [3.63, 3.8) is 0 Å². The van der Waals surface area contributed by atoms with Crippen molar-refractivity contribution in [1.82, 2.24) is 4.98 Å². The van der Waals surface area contributed by atoms with Crippen molar-refractivity contribution in [2.75, 3.05) is 5.73 Å². The Bertz CT molecular complexity index is 681. The first-order valence-corrected chi connectivity index (χ1v) is 6.27. The third-order valence-corrected chi connectivity index (χ3v) is 3.27. The minimum atomic E-state index is -4.54. The fourth-order valence-corrected chi connectivity index (χ4v) is 1.88. The van der Waals surface area contributed by atoms with Crippen LogP contribution in [-0.4, -0.2) is 4.98 Å². The van der Waals surface area contributed by atoms with Crippen molar-refractivity contribution in [3.05, 3.63) is 46.8 Å². The van der Waals surface area contributed by atoms with Gasteiger partial charge in [0.1, 0.15) is 11.4 Å². The molecule has 1 heterocycles. The number of aryl methyl sites for hydroxylation is 2. The topological polar surface area (TPSA) is 48.1 Å². The summed E-state index contributed by atoms with van der Waals surface area (Å²) in [5.74, 6) is 0.468. The highest BCUT2D eigenvalue weighted by atomic mass is 19.4. The number of pyridine rings is 1. The van der Waals surface area contributed by atoms with Crippen molar-refractivity contribution >= 4 is 5.69 Å². The Morgan fingerprint density at radius 2 is 1.71 bits per heavy atom. The van der Waals surface area contributed by atoms with Crippen LogP contribution in [0.15, 0.2) is 24.4 Å². The molecule has 1 aromatic heterocycles. The van der Waals surface area contributed by atoms with E-state index in [4.69, 9.17) is 10.5 Å². The van der Waals surface area contributed by atoms with E-state index in [-0.39, 0.29) is 11.4 Å². The van der Waals surface area contributed by atoms with E-state index in [1.165, 1.54) is 0 Å². The second-order valence-corrected chi connectivity index (χ2v) is 4.86. The molecule has 112 valence electrons. The number of aromatic nitrogens is 1. The second kappa shape index (κ2) is 5.27. The van der Waals surface area contributed by atoms with Gasteiger partial charge in [0.25, 0.3) is 0 Å². The third kappa shape index (κ3) is 3.09. The monoisotopic (exact) mass is 296 g/mol. The number of anilines is 1. The van der Waals surface area contributed by atoms with Crippen molar-refractivity contribution in [2.24, 2.45) is 0 Å². The summed E-state index contributed by atoms with van der Waals surface area (Å²) in [6.45, 7) is 5.57. The number of rotatable bonds is 2. The van der Waals surface area contributed by atoms with Crippen molar-refractivity contribution < 1.29 is 17.9 Å². The lowest BCUT2D eigenvalue weighted by atomic mass is 10.1. The van der Waals surface area contributed by atoms with E-state index in [1.54, 1.807) is 0 Å². The predicted molar refractivity (Wildman–Crippen MR) is 74.4 cm³/mol. The summed E-state index contributed by atoms with van der Waals surface area (Å²) < 4.78 is 43.7. The lowest BCUT2D eigenvalue weighted by Gasteiger charge is -2.16. The number of nitrogen functional groups attached to an aromatic ring is 1. The van der Waals surface area contributed by atoms with Gasteiger partial charge in [0, 0.05) is 6.07 Å². The number of alkyl halides is 3. The molecule has 0 spiro atoms. The molecule has 6 heteroatoms. The average Bonchev–Trinajstić information content (AvgIpc) is 2.40. The van der Waals surface area contributed by atoms with Gasteiger partial charge in [-0.15, -0.1) is 0 Å². The zero-order valence-corrected chi connectivity index (χ0v) is 11.9. The summed E-state index contributed by atoms with van der Waals surface area (Å²) in [6, 6.07) is 4.59. The summed E-state index contributed by atoms with van der Waals surface area (Å²) in [5, 5.41) is 0. The number of hydrogen-bond acceptors (Lipinski definition) is 3. The van der Waals surface area contributed by atoms with Crippen molar-refractivity contribution in [2.45, 2.75) is 26.9 Å². The average molecular weight is 296 g/mol. The summed E-state index contributed by atoms with van der Waals surface area (Å²) in [5.41, 5.74) is 7.36. The highest BCUT2D eigenvalue weighted by Crippen LogP contribution is 2.36. The Balaban J connectivity index is 2.47. The molecule has 0 amide bonds. The van der Waals surface area contributed by atoms with Crippen LogP contribution in [0, 0.1) is 20.8 Å². The summed E-state index contributed by atoms with van der Waals surface area (Å²) in [4.78, 5) is 3.28. The summed E-state index contributed by atoms with van der Waals surface area (Å²) in [6.07, 6.45) is -3.58. The fourth-order valence-electron chi connectivity index (χ4n) is 1.88. The van der Waals surface area contributed by atoms with Crippen LogP contribution in [-0.2, 0) is 6.18 Å². The van der Waals surface area contributed by atoms with Gasteiger partial charge in [-0.05, 0) is 37.5 Å². The van der Waals surface area contributed by atoms with E-state index in [0.29, 0.717) is 5.75 Å². The van der Waals surface area contributed by atoms with Crippen LogP contribution in [0.5, 0.6) is 11.5 Å². The molecule has 0 atom stereocenters. The smallest absolute Gasteiger partial charge is 0.433 e. The SMILES string of the molecule is Cc1ccc(C)c(Oc2cc(C(F)(F)F)ncc2N)c1C. The van der Waals surface area contributed by atoms with Gasteiger partial charge in [-0.25, -0.2) is 4.98 Å². The van der Waals surface area contributed by atoms with Gasteiger partial charge in [0.2, 0.25) is 0 Å². The van der Waals surface area contributed by atoms with E-state index in [2.05, 4.69) is 4.98 Å². The highest BCUT2D eigenvalue weighted by molar-refractivity contribution is 5.55. The van der Waals surface area contributed by atoms with Gasteiger partial charge >= 0.3 is 6.18 Å². The van der Waals surface area contributed by atoms with Crippen LogP contribution in [0.4, 0.5) is 18.9 Å². The molecule has 0 aliphatic carbocycles. The molecule has 0 fully saturated rings. The zero-order valence-electron chi connectivity index (χ0n) is 11.9. The van der Waals surface area contributed by atoms with Gasteiger partial charge in [-0.1, -0.05) is 12.1 Å². The number of benzene rings is 1. The number of nitrogens with two attached hydrogens (primary N) is 1. The Morgan fingerprint density at radius 3 is 2.33 bits per heavy atom. The molecule has 2 N–H and O–H groups in total. The summed E-state index contributed by atoms with van der Waals surface area (Å²) >= 11 is 0. The van der Waals surface area contributed by atoms with Crippen LogP contribution in [0.3, 0.4) is 0 Å². The van der Waals surface area contributed by atoms with Gasteiger partial charge in [-0.3, -0.25) is 0 Å². The van der Waals surface area contributed by atoms with Gasteiger partial charge in [0.05, 0.1) is 11.9 Å². The lowest BCUT2D eigenvalue weighted by molar-refractivity contribution is -0.141. The molecular weight excluding hydrogens is 281 g/mol. The maximum atomic E-state index is 12.7. The van der Waals surface area contributed by atoms with Crippen molar-refractivity contribution in [1.29, 1.82) is 0 Å². The van der Waals surface area contributed by atoms with Crippen LogP contribution in [0.1, 0.15) is 22.4 Å². The van der Waals surface area contributed by atoms with Crippen LogP contribution < -0.4 is 10.5 Å². The molecule has 2 aromatic rings. The van der Waals surface area contributed by atoms with Crippen LogP contribution >= 0.6 is 0 Å². The molecule has 0 saturated carbocycles. The Morgan fingerprint density at radius 1 is 1.10 bits per heavy atom. The maximum absolute atomic E-state index is 12.7. The quantitative estimate of drug-likeness (QED) is 0.893. The van der Waals surface area contributed by atoms with Crippen LogP contribution in [0.2, 0.25) is 0 Å². The number of nitrogens with zero attached hydrogens (tertiary/aromatic N) is 1. The lowest BCUT2D eigenvalue weighted by Crippen LogP contribution is -2.09. The molecule has 2 rings (SSSR count). The minimum Gasteiger partial charge on any atom is -0.455 e. The molecular formula is C15H15F3N2O. The molecule has 21 heavy (non-hydrogen) atoms. The third-order valence-electron chi connectivity index (χ3n) is 3.27. The molecule has 0 bridgehead atoms. The van der Waals surface area contributed by atoms with Gasteiger partial charge in [0.15, 0.2) is 5.75 Å². The molecule has 0 unspecified atom stereocenters. The Kier molecular flexibility index (Phi) is 3.80. The van der Waals surface area contributed by atoms with E-state index in [9.17, 15) is 13.2 Å². The normalized spacial score (nSPS) is 11.5. The van der Waals surface area contributed by atoms with E-state index in [1.807, 2.05) is 32.9 Å². The first-order valence-electron chi connectivity index (χ1n) is 6.27. The number of halogens is 3. The predicted octanol–water partition coefficient (Wildman–Crippen LogP) is 4.40. The van der Waals surface area contributed by atoms with Gasteiger partial charge < -0.3 is 10.5 Å². The Labute approximate surface area is 120 Å². The molecule has 0 aliphatic rings. The Hall–Kier alpha value is -2.24. The standard InChI is InChI=1S/C15H15F3N2O/c1-8-4-5-9(2)14(10(8)3)21-12-6-13(15(16,17)18)20-7-11(12)19/h4-7H,19H2,1-3H3. The van der Waals surface area contributed by atoms with E-state index >= 15 is 0 Å². The van der Waals surface area contributed by atoms with Crippen LogP contribution in [0.25, 0.3) is 0 Å². The fraction of sp³-hybridized carbons (Fsp3) is 0.267. The molecule has 0 radical (unpaired) electrons. The first kappa shape index (κ1) is 15.2. The van der Waals surface area contributed by atoms with Gasteiger partial charge in [-0.2, -0.15) is 13.2 Å². The largest absolute Gasteiger partial charge is 0.455 e. The molecule has 1 aromatic carbocycles. The van der Waals surface area contributed by atoms with Crippen molar-refractivity contribution in [3.8, 4) is 11.5 Å². The molecule has 0 aliphatic heterocycles. The maximum Gasteiger partial charge on any atom is 0.433 e. The summed E-state index contributed by atoms with van der Waals surface area (Å²) in [7, 11) is 0. The zero-order chi connectivity index (χ0) is 15.8. The second-order valence-electron chi connectivity index (χ2n) is 4.86. The molecule has 0 saturated heterocycles. The van der Waals surface area contributed by atoms with E-state index in [0.717, 1.165) is 29.0 Å². The number of hydrogen-bond donors (Lipinski definition) is 1. The first-order chi connectivity index (χ1) is 9.70.